The van der Waals surface area contributed by atoms with E-state index in [0.717, 1.165) is 23.5 Å². The van der Waals surface area contributed by atoms with Gasteiger partial charge in [-0.2, -0.15) is 5.10 Å². The summed E-state index contributed by atoms with van der Waals surface area (Å²) in [5.74, 6) is 2.14. The van der Waals surface area contributed by atoms with E-state index in [1.807, 2.05) is 30.5 Å². The fraction of sp³-hybridized carbons (Fsp3) is 0.238. The molecule has 0 radical (unpaired) electrons. The molecule has 1 heterocycles. The van der Waals surface area contributed by atoms with Crippen molar-refractivity contribution in [3.63, 3.8) is 0 Å². The molecule has 0 spiro atoms. The number of ether oxygens (including phenoxy) is 3. The molecule has 29 heavy (non-hydrogen) atoms. The third-order valence-corrected chi connectivity index (χ3v) is 4.45. The molecule has 1 aromatic heterocycles. The molecule has 0 bridgehead atoms. The van der Waals surface area contributed by atoms with Crippen LogP contribution in [-0.2, 0) is 13.2 Å². The molecule has 0 aliphatic carbocycles. The quantitative estimate of drug-likeness (QED) is 0.534. The molecule has 3 aromatic rings. The highest BCUT2D eigenvalue weighted by atomic mass is 32.1. The molecule has 152 valence electrons. The number of hydrogen-bond donors (Lipinski definition) is 2. The molecule has 0 amide bonds. The molecule has 0 atom stereocenters. The second-order valence-electron chi connectivity index (χ2n) is 6.18. The van der Waals surface area contributed by atoms with E-state index in [9.17, 15) is 0 Å². The number of hydrogen-bond acceptors (Lipinski definition) is 5. The highest BCUT2D eigenvalue weighted by molar-refractivity contribution is 7.80. The number of thiocarbonyl (C=S) groups is 1. The smallest absolute Gasteiger partial charge is 0.180 e. The highest BCUT2D eigenvalue weighted by Crippen LogP contribution is 2.29. The predicted octanol–water partition coefficient (Wildman–Crippen LogP) is 4.31. The first-order chi connectivity index (χ1) is 14.1. The Morgan fingerprint density at radius 1 is 1.03 bits per heavy atom. The molecular weight excluding hydrogens is 388 g/mol. The van der Waals surface area contributed by atoms with Gasteiger partial charge in [-0.1, -0.05) is 19.1 Å². The monoisotopic (exact) mass is 412 g/mol. The van der Waals surface area contributed by atoms with E-state index in [-0.39, 0.29) is 0 Å². The van der Waals surface area contributed by atoms with Crippen molar-refractivity contribution in [1.82, 2.24) is 9.78 Å². The average molecular weight is 413 g/mol. The van der Waals surface area contributed by atoms with Crippen molar-refractivity contribution in [3.05, 3.63) is 60.4 Å². The van der Waals surface area contributed by atoms with E-state index in [4.69, 9.17) is 26.4 Å². The molecule has 2 N–H and O–H groups in total. The zero-order chi connectivity index (χ0) is 20.6. The van der Waals surface area contributed by atoms with Gasteiger partial charge in [-0.3, -0.25) is 0 Å². The summed E-state index contributed by atoms with van der Waals surface area (Å²) < 4.78 is 18.0. The number of aromatic nitrogens is 2. The third-order valence-electron chi connectivity index (χ3n) is 4.24. The van der Waals surface area contributed by atoms with Gasteiger partial charge in [-0.05, 0) is 48.5 Å². The summed E-state index contributed by atoms with van der Waals surface area (Å²) in [6, 6.07) is 13.5. The van der Waals surface area contributed by atoms with Gasteiger partial charge in [-0.15, -0.1) is 0 Å². The number of rotatable bonds is 8. The van der Waals surface area contributed by atoms with Gasteiger partial charge < -0.3 is 24.8 Å². The van der Waals surface area contributed by atoms with E-state index >= 15 is 0 Å². The summed E-state index contributed by atoms with van der Waals surface area (Å²) in [5.41, 5.74) is 2.76. The molecule has 0 aliphatic rings. The Bertz CT molecular complexity index is 957. The summed E-state index contributed by atoms with van der Waals surface area (Å²) >= 11 is 5.38. The molecule has 0 unspecified atom stereocenters. The van der Waals surface area contributed by atoms with E-state index in [1.54, 1.807) is 31.2 Å². The zero-order valence-corrected chi connectivity index (χ0v) is 17.5. The Labute approximate surface area is 175 Å². The maximum absolute atomic E-state index is 5.75. The summed E-state index contributed by atoms with van der Waals surface area (Å²) in [6.07, 6.45) is 4.51. The summed E-state index contributed by atoms with van der Waals surface area (Å²) in [6.45, 7) is 2.43. The summed E-state index contributed by atoms with van der Waals surface area (Å²) in [5, 5.41) is 10.9. The van der Waals surface area contributed by atoms with Crippen molar-refractivity contribution in [2.45, 2.75) is 20.1 Å². The predicted molar refractivity (Wildman–Crippen MR) is 118 cm³/mol. The van der Waals surface area contributed by atoms with Crippen LogP contribution in [0.25, 0.3) is 0 Å². The maximum Gasteiger partial charge on any atom is 0.180 e. The average Bonchev–Trinajstić information content (AvgIpc) is 3.20. The van der Waals surface area contributed by atoms with Crippen molar-refractivity contribution in [1.29, 1.82) is 0 Å². The van der Waals surface area contributed by atoms with Crippen molar-refractivity contribution in [2.24, 2.45) is 0 Å². The first kappa shape index (κ1) is 20.5. The Hall–Kier alpha value is -3.26. The van der Waals surface area contributed by atoms with Gasteiger partial charge in [0.2, 0.25) is 0 Å². The van der Waals surface area contributed by atoms with Crippen LogP contribution in [0.1, 0.15) is 12.5 Å². The largest absolute Gasteiger partial charge is 0.497 e. The number of methoxy groups -OCH3 is 2. The van der Waals surface area contributed by atoms with Gasteiger partial charge in [0.15, 0.2) is 11.8 Å². The lowest BCUT2D eigenvalue weighted by Gasteiger charge is -2.13. The van der Waals surface area contributed by atoms with Crippen molar-refractivity contribution < 1.29 is 14.2 Å². The van der Waals surface area contributed by atoms with Gasteiger partial charge >= 0.3 is 0 Å². The molecule has 0 saturated heterocycles. The first-order valence-electron chi connectivity index (χ1n) is 9.15. The molecule has 0 fully saturated rings. The van der Waals surface area contributed by atoms with Crippen LogP contribution < -0.4 is 24.8 Å². The Morgan fingerprint density at radius 3 is 2.48 bits per heavy atom. The minimum absolute atomic E-state index is 0.305. The third kappa shape index (κ3) is 5.61. The van der Waals surface area contributed by atoms with Crippen LogP contribution in [0.3, 0.4) is 0 Å². The van der Waals surface area contributed by atoms with Gasteiger partial charge in [-0.25, -0.2) is 4.68 Å². The normalized spacial score (nSPS) is 10.3. The molecule has 0 aliphatic heterocycles. The van der Waals surface area contributed by atoms with E-state index in [0.29, 0.717) is 23.3 Å². The van der Waals surface area contributed by atoms with Gasteiger partial charge in [0.05, 0.1) is 38.0 Å². The molecule has 0 saturated carbocycles. The lowest BCUT2D eigenvalue weighted by molar-refractivity contribution is 0.221. The van der Waals surface area contributed by atoms with Gasteiger partial charge in [0.25, 0.3) is 0 Å². The second-order valence-corrected chi connectivity index (χ2v) is 6.59. The van der Waals surface area contributed by atoms with Crippen LogP contribution in [0.5, 0.6) is 17.2 Å². The van der Waals surface area contributed by atoms with Crippen LogP contribution in [-0.4, -0.2) is 29.1 Å². The van der Waals surface area contributed by atoms with Crippen LogP contribution in [0.4, 0.5) is 11.4 Å². The molecule has 3 rings (SSSR count). The summed E-state index contributed by atoms with van der Waals surface area (Å²) in [4.78, 5) is 0. The lowest BCUT2D eigenvalue weighted by Crippen LogP contribution is -2.19. The number of nitrogens with zero attached hydrogens (tertiary/aromatic N) is 2. The number of aryl methyl sites for hydroxylation is 1. The Morgan fingerprint density at radius 2 is 1.79 bits per heavy atom. The van der Waals surface area contributed by atoms with E-state index < -0.39 is 0 Å². The van der Waals surface area contributed by atoms with E-state index in [1.165, 1.54) is 5.56 Å². The molecule has 8 heteroatoms. The molecule has 2 aromatic carbocycles. The van der Waals surface area contributed by atoms with Crippen molar-refractivity contribution in [2.75, 3.05) is 24.9 Å². The van der Waals surface area contributed by atoms with Crippen LogP contribution in [0.2, 0.25) is 0 Å². The summed E-state index contributed by atoms with van der Waals surface area (Å²) in [7, 11) is 3.20. The fourth-order valence-electron chi connectivity index (χ4n) is 2.65. The maximum atomic E-state index is 5.75. The van der Waals surface area contributed by atoms with Gasteiger partial charge in [0, 0.05) is 6.07 Å². The topological polar surface area (TPSA) is 69.6 Å². The Balaban J connectivity index is 1.54. The highest BCUT2D eigenvalue weighted by Gasteiger charge is 2.08. The minimum Gasteiger partial charge on any atom is -0.497 e. The molecule has 7 nitrogen and oxygen atoms in total. The Kier molecular flexibility index (Phi) is 6.91. The standard InChI is InChI=1S/C21H24N4O3S/c1-4-15-5-7-17(8-6-15)28-14-25-13-16(12-22-25)23-21(29)24-19-10-9-18(26-2)11-20(19)27-3/h5-13H,4,14H2,1-3H3,(H2,23,24,29). The number of benzene rings is 2. The van der Waals surface area contributed by atoms with Crippen molar-refractivity contribution >= 4 is 28.7 Å². The van der Waals surface area contributed by atoms with Crippen LogP contribution in [0.15, 0.2) is 54.9 Å². The minimum atomic E-state index is 0.305. The van der Waals surface area contributed by atoms with Gasteiger partial charge in [0.1, 0.15) is 17.2 Å². The van der Waals surface area contributed by atoms with E-state index in [2.05, 4.69) is 34.8 Å². The van der Waals surface area contributed by atoms with Crippen molar-refractivity contribution in [3.8, 4) is 17.2 Å². The zero-order valence-electron chi connectivity index (χ0n) is 16.6. The number of nitrogens with one attached hydrogen (secondary N) is 2. The lowest BCUT2D eigenvalue weighted by atomic mass is 10.2. The van der Waals surface area contributed by atoms with Crippen LogP contribution in [0, 0.1) is 0 Å². The first-order valence-corrected chi connectivity index (χ1v) is 9.56. The molecular formula is C21H24N4O3S. The second kappa shape index (κ2) is 9.79. The number of anilines is 2. The van der Waals surface area contributed by atoms with Crippen LogP contribution >= 0.6 is 12.2 Å². The fourth-order valence-corrected chi connectivity index (χ4v) is 2.88. The SMILES string of the molecule is CCc1ccc(OCn2cc(NC(=S)Nc3ccc(OC)cc3OC)cn2)cc1.